The molecule has 5 nitrogen and oxygen atoms in total. The van der Waals surface area contributed by atoms with E-state index in [1.165, 1.54) is 6.07 Å². The summed E-state index contributed by atoms with van der Waals surface area (Å²) in [5, 5.41) is 3.16. The predicted octanol–water partition coefficient (Wildman–Crippen LogP) is 3.67. The fourth-order valence-corrected chi connectivity index (χ4v) is 3.51. The van der Waals surface area contributed by atoms with E-state index in [-0.39, 0.29) is 37.4 Å². The van der Waals surface area contributed by atoms with Crippen LogP contribution in [0.15, 0.2) is 42.5 Å². The van der Waals surface area contributed by atoms with Crippen LogP contribution in [0.1, 0.15) is 18.9 Å². The molecular weight excluding hydrogens is 369 g/mol. The van der Waals surface area contributed by atoms with Crippen molar-refractivity contribution in [1.29, 1.82) is 0 Å². The van der Waals surface area contributed by atoms with Gasteiger partial charge in [0.2, 0.25) is 11.8 Å². The quantitative estimate of drug-likeness (QED) is 0.867. The number of hydrogen-bond donors (Lipinski definition) is 1. The van der Waals surface area contributed by atoms with Crippen LogP contribution in [0, 0.1) is 5.82 Å². The minimum Gasteiger partial charge on any atom is -0.324 e. The third-order valence-corrected chi connectivity index (χ3v) is 4.88. The summed E-state index contributed by atoms with van der Waals surface area (Å²) in [6.45, 7) is 2.11. The number of fused-ring (bicyclic) bond motifs is 1. The van der Waals surface area contributed by atoms with Crippen molar-refractivity contribution in [2.24, 2.45) is 0 Å². The van der Waals surface area contributed by atoms with Gasteiger partial charge in [0.05, 0.1) is 17.9 Å². The van der Waals surface area contributed by atoms with Gasteiger partial charge in [0.1, 0.15) is 5.82 Å². The summed E-state index contributed by atoms with van der Waals surface area (Å²) in [6.07, 6.45) is 0.212. The summed E-state index contributed by atoms with van der Waals surface area (Å²) in [7, 11) is 1.73. The monoisotopic (exact) mass is 389 g/mol. The van der Waals surface area contributed by atoms with Crippen LogP contribution in [0.5, 0.6) is 0 Å². The molecule has 2 aromatic rings. The molecular formula is C20H21ClFN3O2. The van der Waals surface area contributed by atoms with E-state index >= 15 is 0 Å². The fourth-order valence-electron chi connectivity index (χ4n) is 3.28. The van der Waals surface area contributed by atoms with Gasteiger partial charge >= 0.3 is 0 Å². The number of hydrogen-bond acceptors (Lipinski definition) is 3. The lowest BCUT2D eigenvalue weighted by Gasteiger charge is -2.30. The van der Waals surface area contributed by atoms with Gasteiger partial charge in [0, 0.05) is 29.6 Å². The molecule has 1 N–H and O–H groups in total. The van der Waals surface area contributed by atoms with E-state index < -0.39 is 5.82 Å². The van der Waals surface area contributed by atoms with Gasteiger partial charge in [0.25, 0.3) is 0 Å². The number of benzene rings is 2. The highest BCUT2D eigenvalue weighted by Gasteiger charge is 2.30. The Morgan fingerprint density at radius 1 is 1.30 bits per heavy atom. The van der Waals surface area contributed by atoms with Crippen LogP contribution in [0.25, 0.3) is 0 Å². The number of anilines is 2. The van der Waals surface area contributed by atoms with Crippen molar-refractivity contribution in [2.45, 2.75) is 25.9 Å². The topological polar surface area (TPSA) is 52.7 Å². The Hall–Kier alpha value is -2.44. The third kappa shape index (κ3) is 4.28. The van der Waals surface area contributed by atoms with Crippen LogP contribution < -0.4 is 10.2 Å². The first-order valence-corrected chi connectivity index (χ1v) is 9.07. The van der Waals surface area contributed by atoms with Gasteiger partial charge in [0.15, 0.2) is 0 Å². The number of carbonyl (C=O) groups is 2. The maximum absolute atomic E-state index is 14.0. The number of nitrogens with zero attached hydrogens (tertiary/aromatic N) is 2. The number of likely N-dealkylation sites (N-methyl/N-ethyl adjacent to an activating group) is 1. The van der Waals surface area contributed by atoms with Crippen LogP contribution in [0.3, 0.4) is 0 Å². The molecule has 1 atom stereocenters. The van der Waals surface area contributed by atoms with Crippen LogP contribution in [0.4, 0.5) is 15.8 Å². The van der Waals surface area contributed by atoms with Crippen LogP contribution >= 0.6 is 11.6 Å². The molecule has 0 aromatic heterocycles. The van der Waals surface area contributed by atoms with E-state index in [0.717, 1.165) is 0 Å². The molecule has 0 unspecified atom stereocenters. The zero-order valence-electron chi connectivity index (χ0n) is 15.2. The van der Waals surface area contributed by atoms with Gasteiger partial charge in [-0.05, 0) is 38.2 Å². The summed E-state index contributed by atoms with van der Waals surface area (Å²) in [5.74, 6) is -0.691. The standard InChI is InChI=1S/C20H21ClFN3O2/c1-13-10-19(26)23-17-8-3-4-9-18(17)25(13)20(27)12-24(2)11-14-15(21)6-5-7-16(14)22/h3-9,13H,10-12H2,1-2H3,(H,23,26)/t13-/m1/s1. The molecule has 0 aliphatic carbocycles. The Morgan fingerprint density at radius 2 is 2.04 bits per heavy atom. The highest BCUT2D eigenvalue weighted by atomic mass is 35.5. The molecule has 1 heterocycles. The molecule has 7 heteroatoms. The Labute approximate surface area is 162 Å². The number of rotatable bonds is 4. The zero-order chi connectivity index (χ0) is 19.6. The molecule has 0 bridgehead atoms. The zero-order valence-corrected chi connectivity index (χ0v) is 16.0. The second-order valence-corrected chi connectivity index (χ2v) is 7.16. The largest absolute Gasteiger partial charge is 0.324 e. The SMILES string of the molecule is C[C@@H]1CC(=O)Nc2ccccc2N1C(=O)CN(C)Cc1c(F)cccc1Cl. The first kappa shape index (κ1) is 19.3. The molecule has 0 fully saturated rings. The molecule has 142 valence electrons. The van der Waals surface area contributed by atoms with Gasteiger partial charge in [-0.2, -0.15) is 0 Å². The van der Waals surface area contributed by atoms with Crippen molar-refractivity contribution in [1.82, 2.24) is 4.90 Å². The molecule has 1 aliphatic heterocycles. The average molecular weight is 390 g/mol. The summed E-state index contributed by atoms with van der Waals surface area (Å²) < 4.78 is 14.0. The van der Waals surface area contributed by atoms with Crippen molar-refractivity contribution in [2.75, 3.05) is 23.8 Å². The van der Waals surface area contributed by atoms with Crippen molar-refractivity contribution < 1.29 is 14.0 Å². The van der Waals surface area contributed by atoms with Crippen molar-refractivity contribution in [3.63, 3.8) is 0 Å². The highest BCUT2D eigenvalue weighted by molar-refractivity contribution is 6.31. The summed E-state index contributed by atoms with van der Waals surface area (Å²) in [6, 6.07) is 11.5. The molecule has 2 amide bonds. The molecule has 0 saturated heterocycles. The molecule has 27 heavy (non-hydrogen) atoms. The lowest BCUT2D eigenvalue weighted by Crippen LogP contribution is -2.44. The van der Waals surface area contributed by atoms with E-state index in [4.69, 9.17) is 11.6 Å². The molecule has 2 aromatic carbocycles. The van der Waals surface area contributed by atoms with Gasteiger partial charge in [-0.25, -0.2) is 4.39 Å². The van der Waals surface area contributed by atoms with Gasteiger partial charge in [-0.15, -0.1) is 0 Å². The Balaban J connectivity index is 1.79. The van der Waals surface area contributed by atoms with Gasteiger partial charge in [-0.1, -0.05) is 29.8 Å². The minimum atomic E-state index is -0.398. The Kier molecular flexibility index (Phi) is 5.77. The van der Waals surface area contributed by atoms with Gasteiger partial charge in [-0.3, -0.25) is 14.5 Å². The molecule has 3 rings (SSSR count). The number of nitrogens with one attached hydrogen (secondary N) is 1. The lowest BCUT2D eigenvalue weighted by molar-refractivity contribution is -0.120. The number of amides is 2. The Morgan fingerprint density at radius 3 is 2.78 bits per heavy atom. The summed E-state index contributed by atoms with van der Waals surface area (Å²) in [5.41, 5.74) is 1.63. The molecule has 1 aliphatic rings. The van der Waals surface area contributed by atoms with Crippen molar-refractivity contribution >= 4 is 34.8 Å². The second kappa shape index (κ2) is 8.06. The van der Waals surface area contributed by atoms with Crippen LogP contribution in [0.2, 0.25) is 5.02 Å². The second-order valence-electron chi connectivity index (χ2n) is 6.75. The van der Waals surface area contributed by atoms with E-state index in [1.807, 2.05) is 25.1 Å². The molecule has 0 radical (unpaired) electrons. The molecule has 0 saturated carbocycles. The maximum atomic E-state index is 14.0. The summed E-state index contributed by atoms with van der Waals surface area (Å²) >= 11 is 6.08. The Bertz CT molecular complexity index is 854. The normalized spacial score (nSPS) is 16.7. The highest BCUT2D eigenvalue weighted by Crippen LogP contribution is 2.31. The molecule has 0 spiro atoms. The fraction of sp³-hybridized carbons (Fsp3) is 0.300. The number of halogens is 2. The first-order chi connectivity index (χ1) is 12.9. The number of carbonyl (C=O) groups excluding carboxylic acids is 2. The van der Waals surface area contributed by atoms with E-state index in [1.54, 1.807) is 35.0 Å². The first-order valence-electron chi connectivity index (χ1n) is 8.69. The van der Waals surface area contributed by atoms with Crippen LogP contribution in [-0.4, -0.2) is 36.3 Å². The summed E-state index contributed by atoms with van der Waals surface area (Å²) in [4.78, 5) is 28.4. The van der Waals surface area contributed by atoms with Crippen LogP contribution in [-0.2, 0) is 16.1 Å². The number of para-hydroxylation sites is 2. The lowest BCUT2D eigenvalue weighted by atomic mass is 10.1. The average Bonchev–Trinajstić information content (AvgIpc) is 2.72. The van der Waals surface area contributed by atoms with E-state index in [0.29, 0.717) is 22.0 Å². The van der Waals surface area contributed by atoms with Crippen molar-refractivity contribution in [3.8, 4) is 0 Å². The van der Waals surface area contributed by atoms with Gasteiger partial charge < -0.3 is 10.2 Å². The third-order valence-electron chi connectivity index (χ3n) is 4.52. The maximum Gasteiger partial charge on any atom is 0.241 e. The van der Waals surface area contributed by atoms with Crippen molar-refractivity contribution in [3.05, 3.63) is 58.9 Å². The predicted molar refractivity (Wildman–Crippen MR) is 104 cm³/mol. The van der Waals surface area contributed by atoms with E-state index in [2.05, 4.69) is 5.32 Å². The minimum absolute atomic E-state index is 0.0670. The van der Waals surface area contributed by atoms with E-state index in [9.17, 15) is 14.0 Å². The smallest absolute Gasteiger partial charge is 0.241 e.